The zero-order chi connectivity index (χ0) is 15.5. The van der Waals surface area contributed by atoms with Gasteiger partial charge < -0.3 is 15.0 Å². The Kier molecular flexibility index (Phi) is 4.32. The predicted octanol–water partition coefficient (Wildman–Crippen LogP) is 3.73. The smallest absolute Gasteiger partial charge is 0.341 e. The number of aromatic nitrogens is 2. The van der Waals surface area contributed by atoms with E-state index in [0.717, 1.165) is 41.9 Å². The largest absolute Gasteiger partial charge is 0.462 e. The number of carbonyl (C=O) groups is 1. The highest BCUT2D eigenvalue weighted by Gasteiger charge is 2.24. The normalized spacial score (nSPS) is 21.2. The number of pyridine rings is 1. The molecule has 2 aromatic rings. The van der Waals surface area contributed by atoms with E-state index in [4.69, 9.17) is 4.74 Å². The van der Waals surface area contributed by atoms with E-state index in [1.165, 1.54) is 6.42 Å². The minimum atomic E-state index is -0.300. The summed E-state index contributed by atoms with van der Waals surface area (Å²) in [4.78, 5) is 19.7. The van der Waals surface area contributed by atoms with Gasteiger partial charge in [0.05, 0.1) is 12.3 Å². The highest BCUT2D eigenvalue weighted by molar-refractivity contribution is 6.04. The molecule has 2 atom stereocenters. The minimum Gasteiger partial charge on any atom is -0.462 e. The van der Waals surface area contributed by atoms with Crippen LogP contribution in [0.5, 0.6) is 0 Å². The molecule has 5 heteroatoms. The topological polar surface area (TPSA) is 67.0 Å². The maximum atomic E-state index is 12.3. The minimum absolute atomic E-state index is 0.300. The van der Waals surface area contributed by atoms with Crippen molar-refractivity contribution in [1.29, 1.82) is 0 Å². The van der Waals surface area contributed by atoms with Crippen molar-refractivity contribution in [3.63, 3.8) is 0 Å². The molecule has 2 N–H and O–H groups in total. The van der Waals surface area contributed by atoms with E-state index in [1.807, 2.05) is 19.2 Å². The molecule has 1 fully saturated rings. The Bertz CT molecular complexity index is 665. The number of hydrogen-bond donors (Lipinski definition) is 2. The van der Waals surface area contributed by atoms with Crippen LogP contribution in [-0.2, 0) is 4.74 Å². The fourth-order valence-electron chi connectivity index (χ4n) is 3.13. The first kappa shape index (κ1) is 14.9. The fraction of sp³-hybridized carbons (Fsp3) is 0.529. The molecular formula is C17H23N3O2. The van der Waals surface area contributed by atoms with Gasteiger partial charge in [0.2, 0.25) is 0 Å². The Labute approximate surface area is 130 Å². The summed E-state index contributed by atoms with van der Waals surface area (Å²) in [5.41, 5.74) is 2.17. The molecule has 5 nitrogen and oxygen atoms in total. The van der Waals surface area contributed by atoms with E-state index < -0.39 is 0 Å². The van der Waals surface area contributed by atoms with Gasteiger partial charge in [0.1, 0.15) is 11.2 Å². The fourth-order valence-corrected chi connectivity index (χ4v) is 3.13. The van der Waals surface area contributed by atoms with Gasteiger partial charge in [0.25, 0.3) is 0 Å². The molecule has 1 aliphatic carbocycles. The Morgan fingerprint density at radius 2 is 2.36 bits per heavy atom. The van der Waals surface area contributed by atoms with Crippen LogP contribution in [0, 0.1) is 5.92 Å². The average molecular weight is 301 g/mol. The zero-order valence-corrected chi connectivity index (χ0v) is 13.2. The van der Waals surface area contributed by atoms with Crippen LogP contribution in [0.25, 0.3) is 11.0 Å². The highest BCUT2D eigenvalue weighted by Crippen LogP contribution is 2.32. The Morgan fingerprint density at radius 3 is 3.09 bits per heavy atom. The summed E-state index contributed by atoms with van der Waals surface area (Å²) < 4.78 is 5.30. The quantitative estimate of drug-likeness (QED) is 0.826. The third-order valence-electron chi connectivity index (χ3n) is 4.29. The van der Waals surface area contributed by atoms with E-state index in [0.29, 0.717) is 18.2 Å². The van der Waals surface area contributed by atoms with E-state index in [2.05, 4.69) is 22.2 Å². The molecule has 1 aliphatic rings. The lowest BCUT2D eigenvalue weighted by atomic mass is 10.1. The maximum absolute atomic E-state index is 12.3. The van der Waals surface area contributed by atoms with Crippen LogP contribution >= 0.6 is 0 Å². The molecule has 22 heavy (non-hydrogen) atoms. The number of ether oxygens (including phenoxy) is 1. The van der Waals surface area contributed by atoms with Gasteiger partial charge >= 0.3 is 5.97 Å². The van der Waals surface area contributed by atoms with Crippen LogP contribution in [0.15, 0.2) is 18.5 Å². The molecule has 2 heterocycles. The van der Waals surface area contributed by atoms with Crippen LogP contribution in [0.1, 0.15) is 49.9 Å². The molecule has 3 rings (SSSR count). The number of nitrogens with one attached hydrogen (secondary N) is 2. The van der Waals surface area contributed by atoms with Gasteiger partial charge in [-0.05, 0) is 37.7 Å². The maximum Gasteiger partial charge on any atom is 0.341 e. The van der Waals surface area contributed by atoms with E-state index in [1.54, 1.807) is 6.20 Å². The molecule has 0 saturated heterocycles. The van der Waals surface area contributed by atoms with Crippen molar-refractivity contribution in [2.45, 2.75) is 45.6 Å². The predicted molar refractivity (Wildman–Crippen MR) is 87.1 cm³/mol. The van der Waals surface area contributed by atoms with Crippen molar-refractivity contribution in [3.05, 3.63) is 24.0 Å². The number of fused-ring (bicyclic) bond motifs is 1. The number of nitrogens with zero attached hydrogens (tertiary/aromatic N) is 1. The number of anilines is 1. The van der Waals surface area contributed by atoms with Gasteiger partial charge in [0.15, 0.2) is 0 Å². The van der Waals surface area contributed by atoms with Crippen molar-refractivity contribution in [1.82, 2.24) is 9.97 Å². The van der Waals surface area contributed by atoms with Crippen LogP contribution in [0.4, 0.5) is 5.69 Å². The average Bonchev–Trinajstić information content (AvgIpc) is 3.14. The van der Waals surface area contributed by atoms with Crippen LogP contribution in [0.3, 0.4) is 0 Å². The molecule has 118 valence electrons. The first-order valence-corrected chi connectivity index (χ1v) is 8.08. The van der Waals surface area contributed by atoms with E-state index >= 15 is 0 Å². The third kappa shape index (κ3) is 2.93. The lowest BCUT2D eigenvalue weighted by Crippen LogP contribution is -2.19. The molecule has 0 radical (unpaired) electrons. The highest BCUT2D eigenvalue weighted by atomic mass is 16.5. The second-order valence-electron chi connectivity index (χ2n) is 6.18. The van der Waals surface area contributed by atoms with Gasteiger partial charge in [-0.3, -0.25) is 0 Å². The number of esters is 1. The Morgan fingerprint density at radius 1 is 1.50 bits per heavy atom. The number of carbonyl (C=O) groups excluding carboxylic acids is 1. The SMILES string of the molecule is CCCOC(=O)c1cnc2[nH]ccc2c1NC1CCC(C)C1. The molecule has 0 aliphatic heterocycles. The van der Waals surface area contributed by atoms with Crippen molar-refractivity contribution in [3.8, 4) is 0 Å². The molecule has 0 bridgehead atoms. The Hall–Kier alpha value is -2.04. The molecule has 0 spiro atoms. The van der Waals surface area contributed by atoms with Crippen LogP contribution in [-0.4, -0.2) is 28.6 Å². The van der Waals surface area contributed by atoms with E-state index in [-0.39, 0.29) is 5.97 Å². The van der Waals surface area contributed by atoms with E-state index in [9.17, 15) is 4.79 Å². The first-order chi connectivity index (χ1) is 10.7. The number of aromatic amines is 1. The Balaban J connectivity index is 1.92. The molecule has 2 unspecified atom stereocenters. The van der Waals surface area contributed by atoms with Crippen LogP contribution < -0.4 is 5.32 Å². The summed E-state index contributed by atoms with van der Waals surface area (Å²) in [6.45, 7) is 4.69. The van der Waals surface area contributed by atoms with Gasteiger partial charge in [0, 0.05) is 23.8 Å². The second kappa shape index (κ2) is 6.38. The van der Waals surface area contributed by atoms with Crippen LogP contribution in [0.2, 0.25) is 0 Å². The summed E-state index contributed by atoms with van der Waals surface area (Å²) in [5.74, 6) is 0.433. The number of rotatable bonds is 5. The third-order valence-corrected chi connectivity index (χ3v) is 4.29. The first-order valence-electron chi connectivity index (χ1n) is 8.08. The lowest BCUT2D eigenvalue weighted by molar-refractivity contribution is 0.0506. The molecule has 2 aromatic heterocycles. The van der Waals surface area contributed by atoms with Crippen molar-refractivity contribution in [2.24, 2.45) is 5.92 Å². The zero-order valence-electron chi connectivity index (χ0n) is 13.2. The summed E-state index contributed by atoms with van der Waals surface area (Å²) in [6.07, 6.45) is 7.78. The molecular weight excluding hydrogens is 278 g/mol. The molecule has 1 saturated carbocycles. The van der Waals surface area contributed by atoms with Gasteiger partial charge in [-0.2, -0.15) is 0 Å². The standard InChI is InChI=1S/C17H23N3O2/c1-3-8-22-17(21)14-10-19-16-13(6-7-18-16)15(14)20-12-5-4-11(2)9-12/h6-7,10-12H,3-5,8-9H2,1-2H3,(H2,18,19,20). The lowest BCUT2D eigenvalue weighted by Gasteiger charge is -2.17. The van der Waals surface area contributed by atoms with Crippen molar-refractivity contribution < 1.29 is 9.53 Å². The van der Waals surface area contributed by atoms with Crippen molar-refractivity contribution >= 4 is 22.7 Å². The van der Waals surface area contributed by atoms with Gasteiger partial charge in [-0.15, -0.1) is 0 Å². The number of hydrogen-bond acceptors (Lipinski definition) is 4. The summed E-state index contributed by atoms with van der Waals surface area (Å²) in [5, 5.41) is 4.52. The van der Waals surface area contributed by atoms with Crippen molar-refractivity contribution in [2.75, 3.05) is 11.9 Å². The molecule has 0 aromatic carbocycles. The molecule has 0 amide bonds. The monoisotopic (exact) mass is 301 g/mol. The summed E-state index contributed by atoms with van der Waals surface area (Å²) >= 11 is 0. The van der Waals surface area contributed by atoms with Gasteiger partial charge in [-0.25, -0.2) is 9.78 Å². The number of H-pyrrole nitrogens is 1. The van der Waals surface area contributed by atoms with Gasteiger partial charge in [-0.1, -0.05) is 13.8 Å². The summed E-state index contributed by atoms with van der Waals surface area (Å²) in [6, 6.07) is 2.37. The second-order valence-corrected chi connectivity index (χ2v) is 6.18. The summed E-state index contributed by atoms with van der Waals surface area (Å²) in [7, 11) is 0.